The van der Waals surface area contributed by atoms with E-state index in [2.05, 4.69) is 30.3 Å². The van der Waals surface area contributed by atoms with Gasteiger partial charge in [0, 0.05) is 0 Å². The molecule has 2 aromatic rings. The van der Waals surface area contributed by atoms with E-state index in [9.17, 15) is 0 Å². The lowest BCUT2D eigenvalue weighted by molar-refractivity contribution is 0.310. The minimum Gasteiger partial charge on any atom is -0.491 e. The summed E-state index contributed by atoms with van der Waals surface area (Å²) in [5.41, 5.74) is 10.4. The van der Waals surface area contributed by atoms with Crippen molar-refractivity contribution in [3.63, 3.8) is 0 Å². The van der Waals surface area contributed by atoms with E-state index in [1.54, 1.807) is 0 Å². The lowest BCUT2D eigenvalue weighted by atomic mass is 10.1. The molecule has 0 aliphatic carbocycles. The summed E-state index contributed by atoms with van der Waals surface area (Å²) in [5.74, 6) is 0.832. The van der Waals surface area contributed by atoms with Gasteiger partial charge < -0.3 is 10.5 Å². The predicted octanol–water partition coefficient (Wildman–Crippen LogP) is 3.90. The third-order valence-electron chi connectivity index (χ3n) is 3.15. The Morgan fingerprint density at radius 3 is 2.47 bits per heavy atom. The van der Waals surface area contributed by atoms with Crippen molar-refractivity contribution >= 4 is 5.69 Å². The molecule has 0 amide bonds. The van der Waals surface area contributed by atoms with Gasteiger partial charge in [-0.3, -0.25) is 0 Å². The summed E-state index contributed by atoms with van der Waals surface area (Å²) in [4.78, 5) is 0. The van der Waals surface area contributed by atoms with Gasteiger partial charge in [-0.2, -0.15) is 0 Å². The second-order valence-corrected chi connectivity index (χ2v) is 4.94. The van der Waals surface area contributed by atoms with Gasteiger partial charge in [0.05, 0.1) is 12.3 Å². The van der Waals surface area contributed by atoms with Crippen molar-refractivity contribution in [2.24, 2.45) is 0 Å². The zero-order valence-corrected chi connectivity index (χ0v) is 11.6. The molecule has 0 saturated heterocycles. The molecule has 0 atom stereocenters. The van der Waals surface area contributed by atoms with Gasteiger partial charge in [0.25, 0.3) is 0 Å². The summed E-state index contributed by atoms with van der Waals surface area (Å²) in [6.07, 6.45) is 2.03. The number of benzene rings is 2. The average Bonchev–Trinajstić information content (AvgIpc) is 2.38. The zero-order valence-electron chi connectivity index (χ0n) is 11.6. The molecule has 0 fully saturated rings. The highest BCUT2D eigenvalue weighted by Crippen LogP contribution is 2.27. The fourth-order valence-electron chi connectivity index (χ4n) is 2.28. The maximum atomic E-state index is 5.99. The Hall–Kier alpha value is -1.96. The maximum absolute atomic E-state index is 5.99. The van der Waals surface area contributed by atoms with Crippen LogP contribution >= 0.6 is 0 Å². The first-order chi connectivity index (χ1) is 9.16. The van der Waals surface area contributed by atoms with Crippen LogP contribution in [0.5, 0.6) is 5.75 Å². The number of aryl methyl sites for hydroxylation is 3. The monoisotopic (exact) mass is 255 g/mol. The van der Waals surface area contributed by atoms with Crippen LogP contribution in [0.3, 0.4) is 0 Å². The van der Waals surface area contributed by atoms with Crippen molar-refractivity contribution < 1.29 is 4.74 Å². The Morgan fingerprint density at radius 1 is 1.05 bits per heavy atom. The van der Waals surface area contributed by atoms with E-state index in [0.29, 0.717) is 6.61 Å². The van der Waals surface area contributed by atoms with Crippen LogP contribution in [0.15, 0.2) is 42.5 Å². The first-order valence-electron chi connectivity index (χ1n) is 6.70. The molecule has 0 aliphatic heterocycles. The van der Waals surface area contributed by atoms with Gasteiger partial charge in [0.1, 0.15) is 5.75 Å². The Morgan fingerprint density at radius 2 is 1.79 bits per heavy atom. The van der Waals surface area contributed by atoms with Crippen LogP contribution in [0.4, 0.5) is 5.69 Å². The van der Waals surface area contributed by atoms with Crippen LogP contribution in [-0.2, 0) is 6.42 Å². The first kappa shape index (κ1) is 13.5. The summed E-state index contributed by atoms with van der Waals surface area (Å²) < 4.78 is 5.82. The standard InChI is InChI=1S/C17H21NO/c1-13-11-14(2)17(16(18)12-13)19-10-6-9-15-7-4-3-5-8-15/h3-5,7-8,11-12H,6,9-10,18H2,1-2H3. The fraction of sp³-hybridized carbons (Fsp3) is 0.294. The van der Waals surface area contributed by atoms with Crippen molar-refractivity contribution in [2.45, 2.75) is 26.7 Å². The lowest BCUT2D eigenvalue weighted by Crippen LogP contribution is -2.03. The number of ether oxygens (including phenoxy) is 1. The molecular weight excluding hydrogens is 234 g/mol. The highest BCUT2D eigenvalue weighted by atomic mass is 16.5. The van der Waals surface area contributed by atoms with Gasteiger partial charge in [-0.15, -0.1) is 0 Å². The van der Waals surface area contributed by atoms with Gasteiger partial charge in [0.2, 0.25) is 0 Å². The molecule has 0 unspecified atom stereocenters. The number of hydrogen-bond donors (Lipinski definition) is 1. The van der Waals surface area contributed by atoms with Gasteiger partial charge in [0.15, 0.2) is 0 Å². The highest BCUT2D eigenvalue weighted by molar-refractivity contribution is 5.58. The summed E-state index contributed by atoms with van der Waals surface area (Å²) in [7, 11) is 0. The third-order valence-corrected chi connectivity index (χ3v) is 3.15. The van der Waals surface area contributed by atoms with E-state index in [1.165, 1.54) is 11.1 Å². The zero-order chi connectivity index (χ0) is 13.7. The Balaban J connectivity index is 1.86. The molecule has 0 bridgehead atoms. The van der Waals surface area contributed by atoms with E-state index in [1.807, 2.05) is 26.0 Å². The molecule has 0 heterocycles. The molecule has 2 rings (SSSR count). The highest BCUT2D eigenvalue weighted by Gasteiger charge is 2.05. The minimum atomic E-state index is 0.697. The van der Waals surface area contributed by atoms with Crippen LogP contribution < -0.4 is 10.5 Å². The molecule has 0 aliphatic rings. The van der Waals surface area contributed by atoms with Crippen molar-refractivity contribution in [1.29, 1.82) is 0 Å². The molecule has 0 aromatic heterocycles. The van der Waals surface area contributed by atoms with Crippen LogP contribution in [0, 0.1) is 13.8 Å². The summed E-state index contributed by atoms with van der Waals surface area (Å²) in [6, 6.07) is 14.5. The first-order valence-corrected chi connectivity index (χ1v) is 6.70. The maximum Gasteiger partial charge on any atom is 0.145 e. The molecule has 2 nitrogen and oxygen atoms in total. The van der Waals surface area contributed by atoms with Crippen LogP contribution in [0.1, 0.15) is 23.1 Å². The van der Waals surface area contributed by atoms with E-state index in [-0.39, 0.29) is 0 Å². The minimum absolute atomic E-state index is 0.697. The smallest absolute Gasteiger partial charge is 0.145 e. The number of anilines is 1. The van der Waals surface area contributed by atoms with E-state index < -0.39 is 0 Å². The van der Waals surface area contributed by atoms with Gasteiger partial charge in [-0.05, 0) is 49.4 Å². The van der Waals surface area contributed by atoms with Crippen LogP contribution in [0.25, 0.3) is 0 Å². The SMILES string of the molecule is Cc1cc(C)c(OCCCc2ccccc2)c(N)c1. The molecular formula is C17H21NO. The van der Waals surface area contributed by atoms with Crippen molar-refractivity contribution in [3.8, 4) is 5.75 Å². The Labute approximate surface area is 115 Å². The molecule has 19 heavy (non-hydrogen) atoms. The van der Waals surface area contributed by atoms with Crippen molar-refractivity contribution in [3.05, 3.63) is 59.2 Å². The molecule has 0 saturated carbocycles. The van der Waals surface area contributed by atoms with E-state index in [4.69, 9.17) is 10.5 Å². The van der Waals surface area contributed by atoms with Gasteiger partial charge in [-0.1, -0.05) is 36.4 Å². The van der Waals surface area contributed by atoms with Gasteiger partial charge in [-0.25, -0.2) is 0 Å². The van der Waals surface area contributed by atoms with Gasteiger partial charge >= 0.3 is 0 Å². The summed E-state index contributed by atoms with van der Waals surface area (Å²) in [5, 5.41) is 0. The number of hydrogen-bond acceptors (Lipinski definition) is 2. The summed E-state index contributed by atoms with van der Waals surface area (Å²) >= 11 is 0. The topological polar surface area (TPSA) is 35.2 Å². The lowest BCUT2D eigenvalue weighted by Gasteiger charge is -2.12. The second kappa shape index (κ2) is 6.28. The molecule has 100 valence electrons. The van der Waals surface area contributed by atoms with E-state index >= 15 is 0 Å². The van der Waals surface area contributed by atoms with Crippen LogP contribution in [0.2, 0.25) is 0 Å². The third kappa shape index (κ3) is 3.75. The number of nitrogen functional groups attached to an aromatic ring is 1. The van der Waals surface area contributed by atoms with Crippen molar-refractivity contribution in [1.82, 2.24) is 0 Å². The van der Waals surface area contributed by atoms with Crippen LogP contribution in [-0.4, -0.2) is 6.61 Å². The molecule has 2 aromatic carbocycles. The molecule has 0 spiro atoms. The molecule has 0 radical (unpaired) electrons. The Kier molecular flexibility index (Phi) is 4.45. The fourth-order valence-corrected chi connectivity index (χ4v) is 2.28. The largest absolute Gasteiger partial charge is 0.491 e. The summed E-state index contributed by atoms with van der Waals surface area (Å²) in [6.45, 7) is 4.78. The molecule has 2 heteroatoms. The van der Waals surface area contributed by atoms with Crippen molar-refractivity contribution in [2.75, 3.05) is 12.3 Å². The number of rotatable bonds is 5. The van der Waals surface area contributed by atoms with E-state index in [0.717, 1.165) is 29.8 Å². The molecule has 2 N–H and O–H groups in total. The number of nitrogens with two attached hydrogens (primary N) is 1. The Bertz CT molecular complexity index is 511. The normalized spacial score (nSPS) is 10.4. The average molecular weight is 255 g/mol. The second-order valence-electron chi connectivity index (χ2n) is 4.94. The predicted molar refractivity (Wildman–Crippen MR) is 80.6 cm³/mol. The quantitative estimate of drug-likeness (QED) is 0.649.